The Kier molecular flexibility index (Phi) is 4.82. The summed E-state index contributed by atoms with van der Waals surface area (Å²) in [4.78, 5) is 2.51. The number of likely N-dealkylation sites (tertiary alicyclic amines) is 1. The van der Waals surface area contributed by atoms with Crippen LogP contribution in [0.5, 0.6) is 0 Å². The maximum atomic E-state index is 13.2. The molecule has 2 aliphatic heterocycles. The fraction of sp³-hybridized carbons (Fsp3) is 0.600. The maximum Gasteiger partial charge on any atom is 0.126 e. The molecule has 0 saturated carbocycles. The molecule has 2 nitrogen and oxygen atoms in total. The molecular formula is C15H22ClFN2. The Balaban J connectivity index is 0.00000133. The van der Waals surface area contributed by atoms with Crippen LogP contribution in [0.1, 0.15) is 24.0 Å². The van der Waals surface area contributed by atoms with Crippen molar-refractivity contribution in [1.82, 2.24) is 10.2 Å². The molecule has 0 spiro atoms. The van der Waals surface area contributed by atoms with E-state index in [0.717, 1.165) is 30.6 Å². The van der Waals surface area contributed by atoms with Crippen LogP contribution in [0.15, 0.2) is 18.2 Å². The maximum absolute atomic E-state index is 13.2. The molecule has 19 heavy (non-hydrogen) atoms. The molecular weight excluding hydrogens is 263 g/mol. The van der Waals surface area contributed by atoms with Crippen LogP contribution in [-0.2, 0) is 6.54 Å². The van der Waals surface area contributed by atoms with Crippen molar-refractivity contribution in [2.24, 2.45) is 5.92 Å². The monoisotopic (exact) mass is 284 g/mol. The Labute approximate surface area is 120 Å². The molecule has 0 amide bonds. The van der Waals surface area contributed by atoms with Crippen LogP contribution in [0.3, 0.4) is 0 Å². The highest BCUT2D eigenvalue weighted by Gasteiger charge is 2.32. The zero-order valence-electron chi connectivity index (χ0n) is 11.4. The minimum atomic E-state index is -0.0996. The second kappa shape index (κ2) is 6.21. The van der Waals surface area contributed by atoms with E-state index in [0.29, 0.717) is 0 Å². The van der Waals surface area contributed by atoms with Gasteiger partial charge in [0.2, 0.25) is 0 Å². The lowest BCUT2D eigenvalue weighted by atomic mass is 9.93. The third kappa shape index (κ3) is 3.28. The van der Waals surface area contributed by atoms with E-state index in [-0.39, 0.29) is 18.2 Å². The molecule has 0 bridgehead atoms. The van der Waals surface area contributed by atoms with Gasteiger partial charge in [-0.25, -0.2) is 4.39 Å². The van der Waals surface area contributed by atoms with E-state index in [1.165, 1.54) is 31.5 Å². The zero-order chi connectivity index (χ0) is 12.5. The van der Waals surface area contributed by atoms with E-state index in [2.05, 4.69) is 10.2 Å². The largest absolute Gasteiger partial charge is 0.314 e. The molecule has 0 aliphatic carbocycles. The lowest BCUT2D eigenvalue weighted by Gasteiger charge is -2.34. The van der Waals surface area contributed by atoms with Crippen LogP contribution in [0.25, 0.3) is 0 Å². The van der Waals surface area contributed by atoms with Gasteiger partial charge in [-0.05, 0) is 56.0 Å². The van der Waals surface area contributed by atoms with Crippen molar-refractivity contribution < 1.29 is 4.39 Å². The summed E-state index contributed by atoms with van der Waals surface area (Å²) in [5, 5.41) is 3.58. The second-order valence-corrected chi connectivity index (χ2v) is 5.72. The summed E-state index contributed by atoms with van der Waals surface area (Å²) in [5.41, 5.74) is 1.99. The zero-order valence-corrected chi connectivity index (χ0v) is 12.2. The SMILES string of the molecule is Cc1cc(CN2CCC3NCCC3C2)ccc1F.Cl. The first-order valence-electron chi connectivity index (χ1n) is 6.93. The predicted molar refractivity (Wildman–Crippen MR) is 78.2 cm³/mol. The van der Waals surface area contributed by atoms with Gasteiger partial charge in [0.1, 0.15) is 5.82 Å². The van der Waals surface area contributed by atoms with Gasteiger partial charge in [0.25, 0.3) is 0 Å². The predicted octanol–water partition coefficient (Wildman–Crippen LogP) is 2.74. The van der Waals surface area contributed by atoms with Crippen LogP contribution in [0.4, 0.5) is 4.39 Å². The fourth-order valence-corrected chi connectivity index (χ4v) is 3.33. The van der Waals surface area contributed by atoms with Gasteiger partial charge in [0.15, 0.2) is 0 Å². The van der Waals surface area contributed by atoms with Gasteiger partial charge in [0, 0.05) is 19.1 Å². The van der Waals surface area contributed by atoms with Crippen molar-refractivity contribution in [2.75, 3.05) is 19.6 Å². The highest BCUT2D eigenvalue weighted by atomic mass is 35.5. The summed E-state index contributed by atoms with van der Waals surface area (Å²) in [6.07, 6.45) is 2.56. The number of nitrogens with zero attached hydrogens (tertiary/aromatic N) is 1. The van der Waals surface area contributed by atoms with Crippen molar-refractivity contribution >= 4 is 12.4 Å². The van der Waals surface area contributed by atoms with Gasteiger partial charge in [-0.3, -0.25) is 4.90 Å². The van der Waals surface area contributed by atoms with Gasteiger partial charge < -0.3 is 5.32 Å². The average Bonchev–Trinajstić information content (AvgIpc) is 2.81. The van der Waals surface area contributed by atoms with Crippen LogP contribution >= 0.6 is 12.4 Å². The molecule has 2 fully saturated rings. The smallest absolute Gasteiger partial charge is 0.126 e. The number of nitrogens with one attached hydrogen (secondary N) is 1. The van der Waals surface area contributed by atoms with Crippen molar-refractivity contribution in [3.8, 4) is 0 Å². The Morgan fingerprint density at radius 3 is 3.00 bits per heavy atom. The lowest BCUT2D eigenvalue weighted by Crippen LogP contribution is -2.43. The standard InChI is InChI=1S/C15H21FN2.ClH/c1-11-8-12(2-3-14(11)16)9-18-7-5-15-13(10-18)4-6-17-15;/h2-3,8,13,15,17H,4-7,9-10H2,1H3;1H. The Morgan fingerprint density at radius 2 is 2.21 bits per heavy atom. The quantitative estimate of drug-likeness (QED) is 0.898. The first-order valence-corrected chi connectivity index (χ1v) is 6.93. The number of benzene rings is 1. The highest BCUT2D eigenvalue weighted by molar-refractivity contribution is 5.85. The summed E-state index contributed by atoms with van der Waals surface area (Å²) in [6.45, 7) is 6.33. The third-order valence-electron chi connectivity index (χ3n) is 4.37. The molecule has 0 radical (unpaired) electrons. The summed E-state index contributed by atoms with van der Waals surface area (Å²) >= 11 is 0. The van der Waals surface area contributed by atoms with Gasteiger partial charge in [-0.1, -0.05) is 12.1 Å². The van der Waals surface area contributed by atoms with Crippen LogP contribution in [-0.4, -0.2) is 30.6 Å². The topological polar surface area (TPSA) is 15.3 Å². The molecule has 106 valence electrons. The minimum absolute atomic E-state index is 0. The van der Waals surface area contributed by atoms with Crippen molar-refractivity contribution in [3.63, 3.8) is 0 Å². The van der Waals surface area contributed by atoms with E-state index in [9.17, 15) is 4.39 Å². The lowest BCUT2D eigenvalue weighted by molar-refractivity contribution is 0.156. The molecule has 1 aromatic carbocycles. The summed E-state index contributed by atoms with van der Waals surface area (Å²) in [5.74, 6) is 0.720. The summed E-state index contributed by atoms with van der Waals surface area (Å²) in [6, 6.07) is 6.24. The number of piperidine rings is 1. The number of aryl methyl sites for hydroxylation is 1. The van der Waals surface area contributed by atoms with Crippen molar-refractivity contribution in [3.05, 3.63) is 35.1 Å². The molecule has 2 atom stereocenters. The van der Waals surface area contributed by atoms with Crippen LogP contribution in [0.2, 0.25) is 0 Å². The number of halogens is 2. The van der Waals surface area contributed by atoms with Crippen LogP contribution < -0.4 is 5.32 Å². The van der Waals surface area contributed by atoms with Crippen molar-refractivity contribution in [1.29, 1.82) is 0 Å². The fourth-order valence-electron chi connectivity index (χ4n) is 3.33. The van der Waals surface area contributed by atoms with Gasteiger partial charge in [-0.2, -0.15) is 0 Å². The summed E-state index contributed by atoms with van der Waals surface area (Å²) in [7, 11) is 0. The molecule has 2 unspecified atom stereocenters. The molecule has 0 aromatic heterocycles. The first kappa shape index (κ1) is 14.8. The molecule has 3 rings (SSSR count). The van der Waals surface area contributed by atoms with E-state index in [1.807, 2.05) is 19.1 Å². The molecule has 1 N–H and O–H groups in total. The molecule has 1 aromatic rings. The van der Waals surface area contributed by atoms with E-state index in [4.69, 9.17) is 0 Å². The molecule has 4 heteroatoms. The van der Waals surface area contributed by atoms with Crippen LogP contribution in [0, 0.1) is 18.7 Å². The van der Waals surface area contributed by atoms with Gasteiger partial charge in [0.05, 0.1) is 0 Å². The third-order valence-corrected chi connectivity index (χ3v) is 4.37. The average molecular weight is 285 g/mol. The number of hydrogen-bond donors (Lipinski definition) is 1. The number of hydrogen-bond acceptors (Lipinski definition) is 2. The molecule has 2 aliphatic rings. The van der Waals surface area contributed by atoms with E-state index >= 15 is 0 Å². The minimum Gasteiger partial charge on any atom is -0.314 e. The van der Waals surface area contributed by atoms with Crippen molar-refractivity contribution in [2.45, 2.75) is 32.4 Å². The number of rotatable bonds is 2. The first-order chi connectivity index (χ1) is 8.72. The van der Waals surface area contributed by atoms with E-state index < -0.39 is 0 Å². The normalized spacial score (nSPS) is 26.8. The molecule has 2 saturated heterocycles. The highest BCUT2D eigenvalue weighted by Crippen LogP contribution is 2.25. The Morgan fingerprint density at radius 1 is 1.37 bits per heavy atom. The summed E-state index contributed by atoms with van der Waals surface area (Å²) < 4.78 is 13.2. The second-order valence-electron chi connectivity index (χ2n) is 5.72. The van der Waals surface area contributed by atoms with Gasteiger partial charge in [-0.15, -0.1) is 12.4 Å². The Hall–Kier alpha value is -0.640. The van der Waals surface area contributed by atoms with E-state index in [1.54, 1.807) is 6.07 Å². The number of fused-ring (bicyclic) bond motifs is 1. The molecule has 2 heterocycles. The van der Waals surface area contributed by atoms with Gasteiger partial charge >= 0.3 is 0 Å². The Bertz CT molecular complexity index is 438.